The average molecular weight is 432 g/mol. The number of H-pyrrole nitrogens is 1. The number of carbonyl (C=O) groups excluding carboxylic acids is 2. The zero-order chi connectivity index (χ0) is 22.5. The number of amides is 2. The molecule has 0 radical (unpaired) electrons. The van der Waals surface area contributed by atoms with Gasteiger partial charge in [0, 0.05) is 17.4 Å². The smallest absolute Gasteiger partial charge is 0.275 e. The molecule has 5 rings (SSSR count). The Kier molecular flexibility index (Phi) is 4.65. The van der Waals surface area contributed by atoms with Crippen LogP contribution < -0.4 is 9.47 Å². The molecule has 8 heteroatoms. The second-order valence-electron chi connectivity index (χ2n) is 8.11. The SMILES string of the molecule is COc1ccc(C=NN2CC(=O)N3CCc4c([nH]c5ccccc45)[C@]3(C)C2=O)cc1OC. The summed E-state index contributed by atoms with van der Waals surface area (Å²) >= 11 is 0. The van der Waals surface area contributed by atoms with E-state index in [9.17, 15) is 9.59 Å². The van der Waals surface area contributed by atoms with Crippen LogP contribution in [0, 0.1) is 0 Å². The molecule has 2 aromatic carbocycles. The first kappa shape index (κ1) is 20.1. The van der Waals surface area contributed by atoms with Crippen LogP contribution in [0.15, 0.2) is 47.6 Å². The number of nitrogens with one attached hydrogen (secondary N) is 1. The van der Waals surface area contributed by atoms with Crippen molar-refractivity contribution in [3.8, 4) is 11.5 Å². The number of carbonyl (C=O) groups is 2. The van der Waals surface area contributed by atoms with E-state index in [4.69, 9.17) is 9.47 Å². The van der Waals surface area contributed by atoms with E-state index in [0.717, 1.165) is 27.7 Å². The van der Waals surface area contributed by atoms with Crippen molar-refractivity contribution in [2.24, 2.45) is 5.10 Å². The quantitative estimate of drug-likeness (QED) is 0.642. The molecule has 8 nitrogen and oxygen atoms in total. The van der Waals surface area contributed by atoms with E-state index in [2.05, 4.69) is 10.1 Å². The lowest BCUT2D eigenvalue weighted by molar-refractivity contribution is -0.165. The number of piperazine rings is 1. The predicted octanol–water partition coefficient (Wildman–Crippen LogP) is 2.66. The molecule has 1 saturated heterocycles. The number of methoxy groups -OCH3 is 2. The van der Waals surface area contributed by atoms with Crippen molar-refractivity contribution < 1.29 is 19.1 Å². The molecule has 1 fully saturated rings. The van der Waals surface area contributed by atoms with Crippen molar-refractivity contribution in [3.05, 3.63) is 59.3 Å². The molecule has 164 valence electrons. The van der Waals surface area contributed by atoms with Gasteiger partial charge in [0.2, 0.25) is 5.91 Å². The number of hydrazone groups is 1. The minimum Gasteiger partial charge on any atom is -0.493 e. The first-order chi connectivity index (χ1) is 15.5. The molecule has 2 aliphatic rings. The van der Waals surface area contributed by atoms with E-state index in [1.807, 2.05) is 30.3 Å². The van der Waals surface area contributed by atoms with Crippen LogP contribution in [0.3, 0.4) is 0 Å². The third-order valence-corrected chi connectivity index (χ3v) is 6.42. The molecule has 1 N–H and O–H groups in total. The highest BCUT2D eigenvalue weighted by molar-refractivity contribution is 6.01. The topological polar surface area (TPSA) is 87.2 Å². The van der Waals surface area contributed by atoms with Gasteiger partial charge in [-0.2, -0.15) is 5.10 Å². The monoisotopic (exact) mass is 432 g/mol. The van der Waals surface area contributed by atoms with Crippen LogP contribution in [-0.4, -0.2) is 60.2 Å². The van der Waals surface area contributed by atoms with Crippen molar-refractivity contribution in [1.29, 1.82) is 0 Å². The third kappa shape index (κ3) is 2.86. The summed E-state index contributed by atoms with van der Waals surface area (Å²) in [5.74, 6) is 0.804. The van der Waals surface area contributed by atoms with E-state index in [1.54, 1.807) is 44.4 Å². The normalized spacial score (nSPS) is 20.6. The van der Waals surface area contributed by atoms with Crippen molar-refractivity contribution in [3.63, 3.8) is 0 Å². The van der Waals surface area contributed by atoms with Gasteiger partial charge in [0.1, 0.15) is 6.54 Å². The van der Waals surface area contributed by atoms with Crippen LogP contribution in [0.4, 0.5) is 0 Å². The first-order valence-corrected chi connectivity index (χ1v) is 10.5. The maximum Gasteiger partial charge on any atom is 0.275 e. The van der Waals surface area contributed by atoms with Gasteiger partial charge in [-0.05, 0) is 48.7 Å². The molecule has 0 spiro atoms. The van der Waals surface area contributed by atoms with Gasteiger partial charge in [-0.15, -0.1) is 0 Å². The van der Waals surface area contributed by atoms with E-state index in [-0.39, 0.29) is 18.4 Å². The van der Waals surface area contributed by atoms with Gasteiger partial charge < -0.3 is 19.4 Å². The van der Waals surface area contributed by atoms with Crippen LogP contribution in [0.5, 0.6) is 11.5 Å². The molecule has 2 aliphatic heterocycles. The molecule has 0 saturated carbocycles. The molecule has 0 aliphatic carbocycles. The Morgan fingerprint density at radius 2 is 1.88 bits per heavy atom. The molecule has 0 unspecified atom stereocenters. The van der Waals surface area contributed by atoms with Crippen LogP contribution in [0.2, 0.25) is 0 Å². The second-order valence-corrected chi connectivity index (χ2v) is 8.11. The van der Waals surface area contributed by atoms with Gasteiger partial charge in [0.15, 0.2) is 17.0 Å². The fourth-order valence-corrected chi connectivity index (χ4v) is 4.75. The summed E-state index contributed by atoms with van der Waals surface area (Å²) < 4.78 is 10.6. The highest BCUT2D eigenvalue weighted by Crippen LogP contribution is 2.42. The zero-order valence-electron chi connectivity index (χ0n) is 18.2. The largest absolute Gasteiger partial charge is 0.493 e. The second kappa shape index (κ2) is 7.40. The maximum absolute atomic E-state index is 13.7. The summed E-state index contributed by atoms with van der Waals surface area (Å²) in [6.45, 7) is 2.22. The van der Waals surface area contributed by atoms with Crippen molar-refractivity contribution in [2.45, 2.75) is 18.9 Å². The summed E-state index contributed by atoms with van der Waals surface area (Å²) in [6.07, 6.45) is 2.27. The van der Waals surface area contributed by atoms with Crippen molar-refractivity contribution in [1.82, 2.24) is 14.9 Å². The Balaban J connectivity index is 1.52. The van der Waals surface area contributed by atoms with Crippen LogP contribution in [0.1, 0.15) is 23.7 Å². The number of aromatic amines is 1. The van der Waals surface area contributed by atoms with Crippen LogP contribution in [-0.2, 0) is 21.5 Å². The Morgan fingerprint density at radius 1 is 1.09 bits per heavy atom. The molecule has 1 atom stereocenters. The molecular weight excluding hydrogens is 408 g/mol. The van der Waals surface area contributed by atoms with Crippen LogP contribution in [0.25, 0.3) is 10.9 Å². The number of benzene rings is 2. The number of nitrogens with zero attached hydrogens (tertiary/aromatic N) is 3. The number of hydrogen-bond donors (Lipinski definition) is 1. The third-order valence-electron chi connectivity index (χ3n) is 6.42. The van der Waals surface area contributed by atoms with E-state index in [0.29, 0.717) is 24.5 Å². The highest BCUT2D eigenvalue weighted by Gasteiger charge is 2.54. The molecule has 0 bridgehead atoms. The summed E-state index contributed by atoms with van der Waals surface area (Å²) in [4.78, 5) is 31.8. The Bertz CT molecular complexity index is 1260. The summed E-state index contributed by atoms with van der Waals surface area (Å²) in [5, 5.41) is 6.73. The number of aromatic nitrogens is 1. The van der Waals surface area contributed by atoms with Crippen molar-refractivity contribution in [2.75, 3.05) is 27.3 Å². The molecule has 32 heavy (non-hydrogen) atoms. The van der Waals surface area contributed by atoms with E-state index in [1.165, 1.54) is 5.01 Å². The maximum atomic E-state index is 13.7. The average Bonchev–Trinajstić information content (AvgIpc) is 3.20. The first-order valence-electron chi connectivity index (χ1n) is 10.5. The standard InChI is InChI=1S/C24H24N4O4/c1-24-22-17(16-6-4-5-7-18(16)26-22)10-11-27(24)21(29)14-28(23(24)30)25-13-15-8-9-19(31-2)20(12-15)32-3/h4-9,12-13,26H,10-11,14H2,1-3H3/t24-/m1/s1. The zero-order valence-corrected chi connectivity index (χ0v) is 18.2. The lowest BCUT2D eigenvalue weighted by atomic mass is 9.83. The molecule has 2 amide bonds. The Labute approximate surface area is 185 Å². The molecular formula is C24H24N4O4. The summed E-state index contributed by atoms with van der Waals surface area (Å²) in [7, 11) is 3.13. The molecule has 3 heterocycles. The van der Waals surface area contributed by atoms with Gasteiger partial charge >= 0.3 is 0 Å². The highest BCUT2D eigenvalue weighted by atomic mass is 16.5. The fraction of sp³-hybridized carbons (Fsp3) is 0.292. The van der Waals surface area contributed by atoms with Crippen LogP contribution >= 0.6 is 0 Å². The number of hydrogen-bond acceptors (Lipinski definition) is 5. The Hall–Kier alpha value is -3.81. The number of ether oxygens (including phenoxy) is 2. The predicted molar refractivity (Wildman–Crippen MR) is 120 cm³/mol. The lowest BCUT2D eigenvalue weighted by Crippen LogP contribution is -2.65. The Morgan fingerprint density at radius 3 is 2.66 bits per heavy atom. The molecule has 3 aromatic rings. The van der Waals surface area contributed by atoms with Gasteiger partial charge in [-0.3, -0.25) is 9.59 Å². The number of para-hydroxylation sites is 1. The van der Waals surface area contributed by atoms with Gasteiger partial charge in [0.25, 0.3) is 5.91 Å². The lowest BCUT2D eigenvalue weighted by Gasteiger charge is -2.48. The number of fused-ring (bicyclic) bond motifs is 5. The summed E-state index contributed by atoms with van der Waals surface area (Å²) in [6, 6.07) is 13.3. The van der Waals surface area contributed by atoms with Gasteiger partial charge in [-0.1, -0.05) is 18.2 Å². The molecule has 1 aromatic heterocycles. The summed E-state index contributed by atoms with van der Waals surface area (Å²) in [5.41, 5.74) is 2.43. The fourth-order valence-electron chi connectivity index (χ4n) is 4.75. The van der Waals surface area contributed by atoms with Gasteiger partial charge in [0.05, 0.1) is 26.1 Å². The minimum absolute atomic E-state index is 0.0895. The van der Waals surface area contributed by atoms with E-state index >= 15 is 0 Å². The minimum atomic E-state index is -1.13. The van der Waals surface area contributed by atoms with Gasteiger partial charge in [-0.25, -0.2) is 5.01 Å². The van der Waals surface area contributed by atoms with Crippen molar-refractivity contribution >= 4 is 28.9 Å². The number of rotatable bonds is 4. The van der Waals surface area contributed by atoms with E-state index < -0.39 is 5.54 Å².